The molecule has 0 aliphatic rings. The van der Waals surface area contributed by atoms with E-state index in [1.54, 1.807) is 0 Å². The number of carbonyl (C=O) groups excluding carboxylic acids is 1. The summed E-state index contributed by atoms with van der Waals surface area (Å²) in [5, 5.41) is 0. The van der Waals surface area contributed by atoms with E-state index in [4.69, 9.17) is 0 Å². The van der Waals surface area contributed by atoms with Gasteiger partial charge in [-0.25, -0.2) is 9.18 Å². The van der Waals surface area contributed by atoms with Gasteiger partial charge in [-0.15, -0.1) is 0 Å². The zero-order chi connectivity index (χ0) is 13.3. The minimum Gasteiger partial charge on any atom is -0.422 e. The van der Waals surface area contributed by atoms with Crippen LogP contribution in [0, 0.1) is 5.82 Å². The number of rotatable bonds is 2. The summed E-state index contributed by atoms with van der Waals surface area (Å²) >= 11 is 0. The predicted octanol–water partition coefficient (Wildman–Crippen LogP) is 2.93. The first-order valence-corrected chi connectivity index (χ1v) is 4.07. The Balaban J connectivity index is 2.87. The highest BCUT2D eigenvalue weighted by Crippen LogP contribution is 2.36. The molecule has 0 heterocycles. The smallest absolute Gasteiger partial charge is 0.422 e. The third-order valence-electron chi connectivity index (χ3n) is 1.62. The first-order chi connectivity index (χ1) is 7.64. The second kappa shape index (κ2) is 4.27. The highest BCUT2D eigenvalue weighted by atomic mass is 19.4. The summed E-state index contributed by atoms with van der Waals surface area (Å²) in [7, 11) is 0. The largest absolute Gasteiger partial charge is 0.465 e. The van der Waals surface area contributed by atoms with Gasteiger partial charge in [0.1, 0.15) is 11.6 Å². The number of hydrogen-bond donors (Lipinski definition) is 0. The van der Waals surface area contributed by atoms with Gasteiger partial charge in [0.15, 0.2) is 0 Å². The van der Waals surface area contributed by atoms with Gasteiger partial charge in [-0.05, 0) is 12.1 Å². The van der Waals surface area contributed by atoms with Crippen LogP contribution >= 0.6 is 0 Å². The van der Waals surface area contributed by atoms with Gasteiger partial charge in [-0.1, -0.05) is 6.07 Å². The maximum atomic E-state index is 12.5. The van der Waals surface area contributed by atoms with E-state index >= 15 is 0 Å². The molecule has 0 aromatic heterocycles. The molecule has 1 aromatic carbocycles. The van der Waals surface area contributed by atoms with Crippen LogP contribution in [0.2, 0.25) is 0 Å². The van der Waals surface area contributed by atoms with E-state index in [1.165, 1.54) is 0 Å². The Bertz CT molecular complexity index is 426. The third kappa shape index (κ3) is 2.89. The highest BCUT2D eigenvalue weighted by molar-refractivity contribution is 5.80. The molecule has 0 radical (unpaired) electrons. The minimum atomic E-state index is -6.06. The molecule has 0 aliphatic carbocycles. The molecule has 0 spiro atoms. The van der Waals surface area contributed by atoms with E-state index in [2.05, 4.69) is 4.74 Å². The van der Waals surface area contributed by atoms with Crippen molar-refractivity contribution in [3.8, 4) is 5.75 Å². The molecule has 0 bridgehead atoms. The molecule has 17 heavy (non-hydrogen) atoms. The average molecular weight is 258 g/mol. The molecule has 2 nitrogen and oxygen atoms in total. The van der Waals surface area contributed by atoms with E-state index in [1.807, 2.05) is 0 Å². The molecule has 1 aromatic rings. The van der Waals surface area contributed by atoms with Crippen molar-refractivity contribution >= 4 is 5.97 Å². The van der Waals surface area contributed by atoms with Crippen molar-refractivity contribution in [1.29, 1.82) is 0 Å². The molecule has 0 saturated heterocycles. The van der Waals surface area contributed by atoms with Gasteiger partial charge in [-0.3, -0.25) is 0 Å². The molecule has 0 fully saturated rings. The van der Waals surface area contributed by atoms with Crippen molar-refractivity contribution in [2.75, 3.05) is 0 Å². The van der Waals surface area contributed by atoms with Crippen LogP contribution in [-0.4, -0.2) is 18.1 Å². The summed E-state index contributed by atoms with van der Waals surface area (Å²) in [5.74, 6) is -10.1. The van der Waals surface area contributed by atoms with Crippen molar-refractivity contribution in [3.63, 3.8) is 0 Å². The fourth-order valence-corrected chi connectivity index (χ4v) is 0.817. The summed E-state index contributed by atoms with van der Waals surface area (Å²) in [6.07, 6.45) is -6.06. The Labute approximate surface area is 90.8 Å². The fourth-order valence-electron chi connectivity index (χ4n) is 0.817. The number of benzene rings is 1. The molecule has 0 saturated carbocycles. The van der Waals surface area contributed by atoms with Gasteiger partial charge in [0, 0.05) is 6.07 Å². The second-order valence-corrected chi connectivity index (χ2v) is 2.92. The van der Waals surface area contributed by atoms with Crippen molar-refractivity contribution in [2.24, 2.45) is 0 Å². The van der Waals surface area contributed by atoms with Crippen LogP contribution in [0.1, 0.15) is 0 Å². The Hall–Kier alpha value is -1.73. The topological polar surface area (TPSA) is 26.3 Å². The van der Waals surface area contributed by atoms with Crippen molar-refractivity contribution in [1.82, 2.24) is 0 Å². The van der Waals surface area contributed by atoms with Crippen LogP contribution in [-0.2, 0) is 4.79 Å². The van der Waals surface area contributed by atoms with E-state index in [-0.39, 0.29) is 0 Å². The normalized spacial score (nSPS) is 12.4. The number of hydrogen-bond acceptors (Lipinski definition) is 2. The maximum absolute atomic E-state index is 12.5. The maximum Gasteiger partial charge on any atom is 0.465 e. The molecule has 0 atom stereocenters. The minimum absolute atomic E-state index is 0.504. The SMILES string of the molecule is O=C(Oc1cccc(F)c1)C(F)(F)C(F)(F)F. The third-order valence-corrected chi connectivity index (χ3v) is 1.62. The predicted molar refractivity (Wildman–Crippen MR) is 43.0 cm³/mol. The lowest BCUT2D eigenvalue weighted by atomic mass is 10.3. The molecule has 0 unspecified atom stereocenters. The van der Waals surface area contributed by atoms with Crippen LogP contribution in [0.15, 0.2) is 24.3 Å². The van der Waals surface area contributed by atoms with Crippen LogP contribution in [0.5, 0.6) is 5.75 Å². The molecule has 0 aliphatic heterocycles. The molecule has 0 N–H and O–H groups in total. The number of alkyl halides is 5. The molecule has 1 rings (SSSR count). The number of esters is 1. The van der Waals surface area contributed by atoms with Crippen molar-refractivity contribution in [3.05, 3.63) is 30.1 Å². The molecule has 8 heteroatoms. The summed E-state index contributed by atoms with van der Waals surface area (Å²) in [6, 6.07) is 3.26. The molecular weight excluding hydrogens is 254 g/mol. The van der Waals surface area contributed by atoms with Gasteiger partial charge >= 0.3 is 18.1 Å². The lowest BCUT2D eigenvalue weighted by Crippen LogP contribution is -2.46. The standard InChI is InChI=1S/C9H4F6O2/c10-5-2-1-3-6(4-5)17-7(16)8(11,12)9(13,14)15/h1-4H. The zero-order valence-electron chi connectivity index (χ0n) is 7.89. The highest BCUT2D eigenvalue weighted by Gasteiger charge is 2.65. The monoisotopic (exact) mass is 258 g/mol. The first kappa shape index (κ1) is 13.3. The molecular formula is C9H4F6O2. The Morgan fingerprint density at radius 1 is 1.12 bits per heavy atom. The Kier molecular flexibility index (Phi) is 3.35. The summed E-state index contributed by atoms with van der Waals surface area (Å²) in [6.45, 7) is 0. The van der Waals surface area contributed by atoms with Gasteiger partial charge in [0.25, 0.3) is 0 Å². The van der Waals surface area contributed by atoms with Gasteiger partial charge < -0.3 is 4.74 Å². The molecule has 0 amide bonds. The quantitative estimate of drug-likeness (QED) is 0.463. The summed E-state index contributed by atoms with van der Waals surface area (Å²) in [4.78, 5) is 10.6. The van der Waals surface area contributed by atoms with Crippen LogP contribution in [0.4, 0.5) is 26.3 Å². The van der Waals surface area contributed by atoms with Gasteiger partial charge in [0.05, 0.1) is 0 Å². The first-order valence-electron chi connectivity index (χ1n) is 4.07. The second-order valence-electron chi connectivity index (χ2n) is 2.92. The summed E-state index contributed by atoms with van der Waals surface area (Å²) < 4.78 is 76.3. The summed E-state index contributed by atoms with van der Waals surface area (Å²) in [5.41, 5.74) is 0. The fraction of sp³-hybridized carbons (Fsp3) is 0.222. The lowest BCUT2D eigenvalue weighted by molar-refractivity contribution is -0.276. The number of halogens is 6. The van der Waals surface area contributed by atoms with Crippen LogP contribution < -0.4 is 4.74 Å². The Morgan fingerprint density at radius 2 is 1.71 bits per heavy atom. The van der Waals surface area contributed by atoms with Crippen molar-refractivity contribution in [2.45, 2.75) is 12.1 Å². The van der Waals surface area contributed by atoms with Crippen LogP contribution in [0.3, 0.4) is 0 Å². The lowest BCUT2D eigenvalue weighted by Gasteiger charge is -2.17. The van der Waals surface area contributed by atoms with E-state index in [0.717, 1.165) is 18.2 Å². The average Bonchev–Trinajstić information content (AvgIpc) is 2.15. The zero-order valence-corrected chi connectivity index (χ0v) is 7.89. The van der Waals surface area contributed by atoms with E-state index in [0.29, 0.717) is 6.07 Å². The van der Waals surface area contributed by atoms with Gasteiger partial charge in [-0.2, -0.15) is 22.0 Å². The number of carbonyl (C=O) groups is 1. The van der Waals surface area contributed by atoms with E-state index in [9.17, 15) is 31.1 Å². The number of ether oxygens (including phenoxy) is 1. The van der Waals surface area contributed by atoms with Crippen LogP contribution in [0.25, 0.3) is 0 Å². The molecule has 94 valence electrons. The van der Waals surface area contributed by atoms with Crippen molar-refractivity contribution < 1.29 is 35.9 Å². The van der Waals surface area contributed by atoms with Gasteiger partial charge in [0.2, 0.25) is 0 Å². The van der Waals surface area contributed by atoms with E-state index < -0.39 is 29.6 Å². The Morgan fingerprint density at radius 3 is 2.18 bits per heavy atom.